The standard InChI is InChI=1S/C13H13ClS/c14-11-2-1-3-12(8-11)15-13-7-9-4-5-10(13)6-9/h1-5,8-10,13H,6-7H2/t9-,10+,13-/m0/s1. The van der Waals surface area contributed by atoms with E-state index in [9.17, 15) is 0 Å². The van der Waals surface area contributed by atoms with Crippen molar-refractivity contribution in [2.45, 2.75) is 23.0 Å². The van der Waals surface area contributed by atoms with Crippen molar-refractivity contribution in [3.05, 3.63) is 41.4 Å². The molecular weight excluding hydrogens is 224 g/mol. The molecule has 0 aromatic heterocycles. The number of allylic oxidation sites excluding steroid dienone is 2. The number of hydrogen-bond acceptors (Lipinski definition) is 1. The number of hydrogen-bond donors (Lipinski definition) is 0. The molecule has 2 aliphatic carbocycles. The summed E-state index contributed by atoms with van der Waals surface area (Å²) in [5.41, 5.74) is 0. The molecule has 0 saturated heterocycles. The van der Waals surface area contributed by atoms with Crippen LogP contribution in [0, 0.1) is 11.8 Å². The van der Waals surface area contributed by atoms with Crippen molar-refractivity contribution in [1.82, 2.24) is 0 Å². The summed E-state index contributed by atoms with van der Waals surface area (Å²) in [6.45, 7) is 0. The van der Waals surface area contributed by atoms with E-state index in [0.29, 0.717) is 0 Å². The van der Waals surface area contributed by atoms with Crippen LogP contribution in [0.3, 0.4) is 0 Å². The second kappa shape index (κ2) is 3.88. The molecule has 0 nitrogen and oxygen atoms in total. The summed E-state index contributed by atoms with van der Waals surface area (Å²) in [4.78, 5) is 1.31. The molecule has 0 spiro atoms. The lowest BCUT2D eigenvalue weighted by Gasteiger charge is -2.17. The number of benzene rings is 1. The predicted molar refractivity (Wildman–Crippen MR) is 66.5 cm³/mol. The topological polar surface area (TPSA) is 0 Å². The molecular formula is C13H13ClS. The Bertz CT molecular complexity index is 399. The minimum absolute atomic E-state index is 0.776. The fourth-order valence-electron chi connectivity index (χ4n) is 2.58. The molecule has 2 heteroatoms. The van der Waals surface area contributed by atoms with Crippen LogP contribution in [0.4, 0.5) is 0 Å². The van der Waals surface area contributed by atoms with Gasteiger partial charge in [-0.15, -0.1) is 11.8 Å². The molecule has 1 aromatic carbocycles. The molecule has 0 aliphatic heterocycles. The molecule has 1 aromatic rings. The molecule has 1 fully saturated rings. The van der Waals surface area contributed by atoms with Crippen molar-refractivity contribution in [3.8, 4) is 0 Å². The van der Waals surface area contributed by atoms with Crippen LogP contribution >= 0.6 is 23.4 Å². The summed E-state index contributed by atoms with van der Waals surface area (Å²) in [6, 6.07) is 8.20. The second-order valence-corrected chi connectivity index (χ2v) is 6.14. The van der Waals surface area contributed by atoms with Gasteiger partial charge >= 0.3 is 0 Å². The fraction of sp³-hybridized carbons (Fsp3) is 0.385. The lowest BCUT2D eigenvalue weighted by molar-refractivity contribution is 0.692. The van der Waals surface area contributed by atoms with E-state index in [-0.39, 0.29) is 0 Å². The van der Waals surface area contributed by atoms with Gasteiger partial charge in [0.2, 0.25) is 0 Å². The van der Waals surface area contributed by atoms with Crippen LogP contribution in [-0.4, -0.2) is 5.25 Å². The highest BCUT2D eigenvalue weighted by molar-refractivity contribution is 8.00. The van der Waals surface area contributed by atoms with Gasteiger partial charge in [-0.05, 0) is 42.9 Å². The monoisotopic (exact) mass is 236 g/mol. The number of rotatable bonds is 2. The Kier molecular flexibility index (Phi) is 2.53. The average molecular weight is 237 g/mol. The molecule has 1 saturated carbocycles. The third kappa shape index (κ3) is 1.95. The number of fused-ring (bicyclic) bond motifs is 2. The van der Waals surface area contributed by atoms with Crippen LogP contribution in [0.1, 0.15) is 12.8 Å². The maximum absolute atomic E-state index is 5.98. The van der Waals surface area contributed by atoms with Crippen LogP contribution in [0.15, 0.2) is 41.3 Å². The first-order chi connectivity index (χ1) is 7.31. The largest absolute Gasteiger partial charge is 0.122 e. The predicted octanol–water partition coefficient (Wildman–Crippen LogP) is 4.40. The first-order valence-corrected chi connectivity index (χ1v) is 6.67. The van der Waals surface area contributed by atoms with Gasteiger partial charge in [0.15, 0.2) is 0 Å². The van der Waals surface area contributed by atoms with Crippen LogP contribution < -0.4 is 0 Å². The third-order valence-corrected chi connectivity index (χ3v) is 4.91. The zero-order valence-corrected chi connectivity index (χ0v) is 9.97. The van der Waals surface area contributed by atoms with E-state index < -0.39 is 0 Å². The van der Waals surface area contributed by atoms with Gasteiger partial charge in [-0.3, -0.25) is 0 Å². The highest BCUT2D eigenvalue weighted by Gasteiger charge is 2.35. The van der Waals surface area contributed by atoms with Gasteiger partial charge in [0.25, 0.3) is 0 Å². The van der Waals surface area contributed by atoms with Crippen molar-refractivity contribution < 1.29 is 0 Å². The normalized spacial score (nSPS) is 32.5. The average Bonchev–Trinajstić information content (AvgIpc) is 2.79. The van der Waals surface area contributed by atoms with Crippen LogP contribution in [-0.2, 0) is 0 Å². The summed E-state index contributed by atoms with van der Waals surface area (Å²) in [5.74, 6) is 1.66. The molecule has 3 atom stereocenters. The molecule has 0 N–H and O–H groups in total. The quantitative estimate of drug-likeness (QED) is 0.686. The van der Waals surface area contributed by atoms with Crippen molar-refractivity contribution in [2.24, 2.45) is 11.8 Å². The molecule has 0 unspecified atom stereocenters. The summed E-state index contributed by atoms with van der Waals surface area (Å²) in [6.07, 6.45) is 7.51. The first kappa shape index (κ1) is 9.80. The van der Waals surface area contributed by atoms with E-state index >= 15 is 0 Å². The molecule has 2 bridgehead atoms. The fourth-order valence-corrected chi connectivity index (χ4v) is 4.26. The van der Waals surface area contributed by atoms with Crippen molar-refractivity contribution >= 4 is 23.4 Å². The molecule has 0 amide bonds. The van der Waals surface area contributed by atoms with Crippen LogP contribution in [0.5, 0.6) is 0 Å². The van der Waals surface area contributed by atoms with E-state index in [0.717, 1.165) is 22.1 Å². The maximum atomic E-state index is 5.98. The van der Waals surface area contributed by atoms with Gasteiger partial charge in [0.05, 0.1) is 0 Å². The summed E-state index contributed by atoms with van der Waals surface area (Å²) in [7, 11) is 0. The van der Waals surface area contributed by atoms with E-state index in [1.54, 1.807) is 0 Å². The minimum Gasteiger partial charge on any atom is -0.122 e. The Morgan fingerprint density at radius 1 is 1.20 bits per heavy atom. The summed E-state index contributed by atoms with van der Waals surface area (Å²) < 4.78 is 0. The van der Waals surface area contributed by atoms with E-state index in [4.69, 9.17) is 11.6 Å². The Morgan fingerprint density at radius 3 is 2.80 bits per heavy atom. The van der Waals surface area contributed by atoms with Crippen molar-refractivity contribution in [1.29, 1.82) is 0 Å². The second-order valence-electron chi connectivity index (χ2n) is 4.39. The van der Waals surface area contributed by atoms with Crippen molar-refractivity contribution in [3.63, 3.8) is 0 Å². The Morgan fingerprint density at radius 2 is 2.13 bits per heavy atom. The molecule has 2 aliphatic rings. The number of thioether (sulfide) groups is 1. The summed E-state index contributed by atoms with van der Waals surface area (Å²) in [5, 5.41) is 1.62. The smallest absolute Gasteiger partial charge is 0.0417 e. The molecule has 0 heterocycles. The van der Waals surface area contributed by atoms with E-state index in [1.165, 1.54) is 17.7 Å². The lowest BCUT2D eigenvalue weighted by Crippen LogP contribution is -2.08. The van der Waals surface area contributed by atoms with Crippen molar-refractivity contribution in [2.75, 3.05) is 0 Å². The van der Waals surface area contributed by atoms with Gasteiger partial charge in [-0.2, -0.15) is 0 Å². The Hall–Kier alpha value is -0.400. The van der Waals surface area contributed by atoms with Crippen LogP contribution in [0.25, 0.3) is 0 Å². The molecule has 0 radical (unpaired) electrons. The third-order valence-electron chi connectivity index (χ3n) is 3.30. The SMILES string of the molecule is Clc1cccc(S[C@H]2C[C@H]3C=C[C@@H]2C3)c1. The maximum Gasteiger partial charge on any atom is 0.0417 e. The zero-order valence-electron chi connectivity index (χ0n) is 8.40. The van der Waals surface area contributed by atoms with Crippen LogP contribution in [0.2, 0.25) is 5.02 Å². The molecule has 15 heavy (non-hydrogen) atoms. The highest BCUT2D eigenvalue weighted by Crippen LogP contribution is 2.47. The van der Waals surface area contributed by atoms with E-state index in [1.807, 2.05) is 23.9 Å². The van der Waals surface area contributed by atoms with E-state index in [2.05, 4.69) is 24.3 Å². The zero-order chi connectivity index (χ0) is 10.3. The highest BCUT2D eigenvalue weighted by atomic mass is 35.5. The minimum atomic E-state index is 0.776. The van der Waals surface area contributed by atoms with Gasteiger partial charge in [-0.1, -0.05) is 29.8 Å². The first-order valence-electron chi connectivity index (χ1n) is 5.42. The molecule has 78 valence electrons. The van der Waals surface area contributed by atoms with Gasteiger partial charge in [0.1, 0.15) is 0 Å². The molecule has 3 rings (SSSR count). The summed E-state index contributed by atoms with van der Waals surface area (Å²) >= 11 is 7.97. The Labute approximate surface area is 99.7 Å². The number of halogens is 1. The van der Waals surface area contributed by atoms with Gasteiger partial charge in [0, 0.05) is 15.2 Å². The van der Waals surface area contributed by atoms with Gasteiger partial charge in [-0.25, -0.2) is 0 Å². The Balaban J connectivity index is 1.73. The lowest BCUT2D eigenvalue weighted by atomic mass is 10.1. The van der Waals surface area contributed by atoms with Gasteiger partial charge < -0.3 is 0 Å².